The van der Waals surface area contributed by atoms with Gasteiger partial charge in [-0.25, -0.2) is 20.0 Å². The maximum atomic E-state index is 14.0. The number of nitrogens with zero attached hydrogens (tertiary/aromatic N) is 5. The van der Waals surface area contributed by atoms with E-state index in [0.29, 0.717) is 5.57 Å². The quantitative estimate of drug-likeness (QED) is 0.0328. The summed E-state index contributed by atoms with van der Waals surface area (Å²) >= 11 is 0. The minimum atomic E-state index is -2.19. The van der Waals surface area contributed by atoms with Crippen LogP contribution in [0.2, 0.25) is 0 Å². The van der Waals surface area contributed by atoms with Crippen molar-refractivity contribution in [2.45, 2.75) is 49.5 Å². The molecule has 0 heterocycles. The van der Waals surface area contributed by atoms with Gasteiger partial charge in [-0.15, -0.1) is 0 Å². The zero-order chi connectivity index (χ0) is 51.4. The van der Waals surface area contributed by atoms with Crippen molar-refractivity contribution >= 4 is 71.4 Å². The van der Waals surface area contributed by atoms with E-state index in [1.165, 1.54) is 29.5 Å². The van der Waals surface area contributed by atoms with Gasteiger partial charge in [-0.2, -0.15) is 0 Å². The molecule has 0 saturated carbocycles. The molecule has 1 aromatic carbocycles. The predicted octanol–water partition coefficient (Wildman–Crippen LogP) is -7.84. The largest absolute Gasteiger partial charge is 0.370 e. The minimum absolute atomic E-state index is 0.0591. The average molecular weight is 966 g/mol. The number of carbonyl (C=O) groups is 7. The Balaban J connectivity index is 1.34. The van der Waals surface area contributed by atoms with Crippen LogP contribution < -0.4 is 89.2 Å². The standard InChI is InChI=1S/C41H51N21O8/c42-25(26(43)63)54-32(65)27(59-38(44)45)56-34(67)29(61-40(48)49)58-35(68)30(62-41(50)51)57-33(66)28(60-39(46)47)55-31(64)24(18-6-2-1-3-7-18)53-37(70)36(69)52-15-20-14-19-10-4-8-16-12-13-17-9-5-11-21(20)23(17)22(16)19/h1-7,9-15,23-25,27-30,36,69H,8,42H2,(H2,43,63)(H,53,70)(H,54,65)(H,55,64)(H,56,67)(H,57,66)(H,58,68)(H4,44,45,59)(H4,46,47,60)(H4,48,49,61)(H4,50,51,62). The van der Waals surface area contributed by atoms with Gasteiger partial charge in [0.05, 0.1) is 0 Å². The number of primary amides is 1. The first-order valence-corrected chi connectivity index (χ1v) is 20.5. The van der Waals surface area contributed by atoms with Gasteiger partial charge in [0.1, 0.15) is 6.04 Å². The number of allylic oxidation sites excluding steroid dienone is 14. The second-order valence-corrected chi connectivity index (χ2v) is 15.1. The fraction of sp³-hybridized carbons (Fsp3) is 0.220. The summed E-state index contributed by atoms with van der Waals surface area (Å²) in [7, 11) is 0. The van der Waals surface area contributed by atoms with Crippen LogP contribution in [0.4, 0.5) is 0 Å². The minimum Gasteiger partial charge on any atom is -0.370 e. The van der Waals surface area contributed by atoms with E-state index in [1.807, 2.05) is 52.4 Å². The monoisotopic (exact) mass is 965 g/mol. The van der Waals surface area contributed by atoms with E-state index in [9.17, 15) is 38.7 Å². The van der Waals surface area contributed by atoms with Crippen LogP contribution in [0.15, 0.2) is 137 Å². The van der Waals surface area contributed by atoms with Crippen LogP contribution in [0.1, 0.15) is 18.0 Å². The van der Waals surface area contributed by atoms with Crippen molar-refractivity contribution in [3.63, 3.8) is 0 Å². The van der Waals surface area contributed by atoms with Crippen molar-refractivity contribution in [3.05, 3.63) is 118 Å². The maximum Gasteiger partial charge on any atom is 0.272 e. The van der Waals surface area contributed by atoms with Crippen molar-refractivity contribution < 1.29 is 38.7 Å². The van der Waals surface area contributed by atoms with Gasteiger partial charge in [0.15, 0.2) is 30.0 Å². The summed E-state index contributed by atoms with van der Waals surface area (Å²) in [4.78, 5) is 111. The Hall–Kier alpha value is -9.64. The highest BCUT2D eigenvalue weighted by Gasteiger charge is 2.36. The molecule has 1 aromatic rings. The molecular weight excluding hydrogens is 915 g/mol. The Morgan fingerprint density at radius 3 is 1.61 bits per heavy atom. The molecule has 4 aliphatic carbocycles. The van der Waals surface area contributed by atoms with E-state index < -0.39 is 108 Å². The Morgan fingerprint density at radius 2 is 1.11 bits per heavy atom. The lowest BCUT2D eigenvalue weighted by molar-refractivity contribution is -0.136. The van der Waals surface area contributed by atoms with Crippen molar-refractivity contribution in [2.75, 3.05) is 0 Å². The number of hydrogen-bond donors (Lipinski definition) is 17. The van der Waals surface area contributed by atoms with Gasteiger partial charge in [0.2, 0.25) is 36.8 Å². The van der Waals surface area contributed by atoms with Gasteiger partial charge in [0, 0.05) is 12.1 Å². The highest BCUT2D eigenvalue weighted by atomic mass is 16.3. The van der Waals surface area contributed by atoms with Crippen LogP contribution in [0.3, 0.4) is 0 Å². The summed E-state index contributed by atoms with van der Waals surface area (Å²) in [6, 6.07) is 5.97. The second-order valence-electron chi connectivity index (χ2n) is 15.1. The first kappa shape index (κ1) is 51.3. The SMILES string of the molecule is NC(=O)C(N)NC(=O)C(N=C(N)N)NC(=O)C(N=C(N)N)NC(=O)C(N=C(N)N)NC(=O)C(N=C(N)N)NC(=O)C(NC(=O)C(O)N=CC1=C2C=CC=C3C=CC4=C(C(=C1)C=CC4)C32)c1ccccc1. The third-order valence-electron chi connectivity index (χ3n) is 10.0. The van der Waals surface area contributed by atoms with Crippen LogP contribution in [0.5, 0.6) is 0 Å². The van der Waals surface area contributed by atoms with Crippen molar-refractivity contribution in [1.82, 2.24) is 31.9 Å². The van der Waals surface area contributed by atoms with Crippen LogP contribution in [-0.4, -0.2) is 114 Å². The molecule has 368 valence electrons. The van der Waals surface area contributed by atoms with Crippen molar-refractivity contribution in [1.29, 1.82) is 0 Å². The van der Waals surface area contributed by atoms with Gasteiger partial charge in [0.25, 0.3) is 35.4 Å². The van der Waals surface area contributed by atoms with Crippen LogP contribution in [0.25, 0.3) is 0 Å². The first-order chi connectivity index (χ1) is 33.1. The average Bonchev–Trinajstić information content (AvgIpc) is 3.30. The number of amides is 7. The number of aliphatic hydroxyl groups is 1. The molecule has 0 fully saturated rings. The molecule has 0 saturated heterocycles. The molecule has 5 rings (SSSR count). The summed E-state index contributed by atoms with van der Waals surface area (Å²) in [5.41, 5.74) is 60.5. The molecule has 27 N–H and O–H groups in total. The van der Waals surface area contributed by atoms with E-state index in [4.69, 9.17) is 57.3 Å². The zero-order valence-corrected chi connectivity index (χ0v) is 36.7. The highest BCUT2D eigenvalue weighted by Crippen LogP contribution is 2.47. The van der Waals surface area contributed by atoms with Crippen LogP contribution in [-0.2, 0) is 33.6 Å². The lowest BCUT2D eigenvalue weighted by Crippen LogP contribution is -2.60. The fourth-order valence-electron chi connectivity index (χ4n) is 7.03. The molecule has 4 aliphatic rings. The van der Waals surface area contributed by atoms with Crippen molar-refractivity contribution in [2.24, 2.45) is 88.2 Å². The fourth-order valence-corrected chi connectivity index (χ4v) is 7.03. The first-order valence-electron chi connectivity index (χ1n) is 20.5. The van der Waals surface area contributed by atoms with E-state index >= 15 is 0 Å². The number of guanidine groups is 4. The maximum absolute atomic E-state index is 14.0. The number of rotatable bonds is 20. The van der Waals surface area contributed by atoms with Crippen LogP contribution in [0, 0.1) is 5.92 Å². The summed E-state index contributed by atoms with van der Waals surface area (Å²) in [6.45, 7) is 0. The molecular formula is C41H51N21O8. The Kier molecular flexibility index (Phi) is 16.7. The molecule has 0 aliphatic heterocycles. The molecule has 0 radical (unpaired) electrons. The second kappa shape index (κ2) is 22.7. The molecule has 70 heavy (non-hydrogen) atoms. The van der Waals surface area contributed by atoms with E-state index in [2.05, 4.69) is 53.1 Å². The smallest absolute Gasteiger partial charge is 0.272 e. The number of nitrogens with one attached hydrogen (secondary N) is 6. The Morgan fingerprint density at radius 1 is 0.614 bits per heavy atom. The summed E-state index contributed by atoms with van der Waals surface area (Å²) in [5, 5.41) is 23.7. The molecule has 29 nitrogen and oxygen atoms in total. The third-order valence-corrected chi connectivity index (χ3v) is 10.0. The van der Waals surface area contributed by atoms with E-state index in [-0.39, 0.29) is 11.5 Å². The third kappa shape index (κ3) is 13.3. The molecule has 8 unspecified atom stereocenters. The number of nitrogens with two attached hydrogens (primary N) is 10. The number of carbonyl (C=O) groups excluding carboxylic acids is 7. The van der Waals surface area contributed by atoms with E-state index in [0.717, 1.165) is 23.1 Å². The molecule has 7 amide bonds. The molecule has 0 aromatic heterocycles. The molecule has 0 spiro atoms. The number of aliphatic imine (C=N–C) groups is 5. The summed E-state index contributed by atoms with van der Waals surface area (Å²) < 4.78 is 0. The lowest BCUT2D eigenvalue weighted by Gasteiger charge is -2.36. The number of hydrogen-bond acceptors (Lipinski definition) is 14. The normalized spacial score (nSPS) is 18.0. The van der Waals surface area contributed by atoms with Crippen LogP contribution >= 0.6 is 0 Å². The molecule has 8 atom stereocenters. The topological polar surface area (TPSA) is 534 Å². The van der Waals surface area contributed by atoms with Gasteiger partial charge in [-0.1, -0.05) is 72.9 Å². The van der Waals surface area contributed by atoms with Gasteiger partial charge in [-0.05, 0) is 51.5 Å². The summed E-state index contributed by atoms with van der Waals surface area (Å²) in [5.74, 6) is -12.1. The molecule has 0 bridgehead atoms. The zero-order valence-electron chi connectivity index (χ0n) is 36.7. The van der Waals surface area contributed by atoms with E-state index in [1.54, 1.807) is 18.2 Å². The van der Waals surface area contributed by atoms with Gasteiger partial charge in [-0.3, -0.25) is 38.6 Å². The highest BCUT2D eigenvalue weighted by molar-refractivity contribution is 5.99. The summed E-state index contributed by atoms with van der Waals surface area (Å²) in [6.07, 6.45) is 5.87. The lowest BCUT2D eigenvalue weighted by atomic mass is 9.67. The number of benzene rings is 1. The predicted molar refractivity (Wildman–Crippen MR) is 254 cm³/mol. The molecule has 29 heteroatoms. The van der Waals surface area contributed by atoms with Gasteiger partial charge >= 0.3 is 0 Å². The Bertz CT molecular complexity index is 2680. The number of aliphatic hydroxyl groups excluding tert-OH is 1. The van der Waals surface area contributed by atoms with Gasteiger partial charge < -0.3 is 94.3 Å². The Labute approximate surface area is 396 Å². The van der Waals surface area contributed by atoms with Crippen molar-refractivity contribution in [3.8, 4) is 0 Å².